The number of benzene rings is 1. The summed E-state index contributed by atoms with van der Waals surface area (Å²) < 4.78 is 38.1. The van der Waals surface area contributed by atoms with Gasteiger partial charge in [-0.25, -0.2) is 0 Å². The molecule has 0 amide bonds. The minimum absolute atomic E-state index is 0.546. The van der Waals surface area contributed by atoms with E-state index >= 15 is 0 Å². The van der Waals surface area contributed by atoms with Crippen LogP contribution in [0.1, 0.15) is 24.0 Å². The van der Waals surface area contributed by atoms with E-state index in [9.17, 15) is 13.2 Å². The van der Waals surface area contributed by atoms with Gasteiger partial charge in [0.2, 0.25) is 0 Å². The fourth-order valence-corrected chi connectivity index (χ4v) is 2.93. The van der Waals surface area contributed by atoms with Gasteiger partial charge in [0.1, 0.15) is 6.54 Å². The molecule has 1 atom stereocenters. The maximum absolute atomic E-state index is 12.7. The number of nitrogens with one attached hydrogen (secondary N) is 2. The topological polar surface area (TPSA) is 8.88 Å². The summed E-state index contributed by atoms with van der Waals surface area (Å²) in [6, 6.07) is 6.28. The predicted molar refractivity (Wildman–Crippen MR) is 71.7 cm³/mol. The number of halogens is 3. The maximum Gasteiger partial charge on any atom is 0.416 e. The van der Waals surface area contributed by atoms with Gasteiger partial charge < -0.3 is 9.80 Å². The molecule has 1 aromatic carbocycles. The SMILES string of the molecule is C[NH+]1CCC([NH+](C)Cc2cccc(C(F)(F)F)c2)CC1. The zero-order valence-electron chi connectivity index (χ0n) is 12.1. The second kappa shape index (κ2) is 6.14. The smallest absolute Gasteiger partial charge is 0.337 e. The number of hydrogen-bond donors (Lipinski definition) is 2. The maximum atomic E-state index is 12.7. The molecule has 1 unspecified atom stereocenters. The van der Waals surface area contributed by atoms with Crippen LogP contribution >= 0.6 is 0 Å². The van der Waals surface area contributed by atoms with Crippen molar-refractivity contribution in [2.24, 2.45) is 0 Å². The summed E-state index contributed by atoms with van der Waals surface area (Å²) in [6.45, 7) is 2.98. The summed E-state index contributed by atoms with van der Waals surface area (Å²) in [5.74, 6) is 0. The zero-order chi connectivity index (χ0) is 14.8. The first kappa shape index (κ1) is 15.3. The van der Waals surface area contributed by atoms with Crippen molar-refractivity contribution in [3.63, 3.8) is 0 Å². The van der Waals surface area contributed by atoms with Crippen LogP contribution in [0.2, 0.25) is 0 Å². The minimum Gasteiger partial charge on any atom is -0.337 e. The number of hydrogen-bond acceptors (Lipinski definition) is 0. The van der Waals surface area contributed by atoms with Gasteiger partial charge in [0.05, 0.1) is 38.8 Å². The number of likely N-dealkylation sites (tertiary alicyclic amines) is 1. The summed E-state index contributed by atoms with van der Waals surface area (Å²) in [6.07, 6.45) is -1.95. The van der Waals surface area contributed by atoms with Crippen LogP contribution < -0.4 is 9.80 Å². The first-order valence-corrected chi connectivity index (χ1v) is 7.16. The molecule has 0 spiro atoms. The molecule has 0 bridgehead atoms. The molecule has 5 heteroatoms. The molecule has 1 aromatic rings. The van der Waals surface area contributed by atoms with Crippen molar-refractivity contribution in [1.29, 1.82) is 0 Å². The van der Waals surface area contributed by atoms with Crippen LogP contribution in [-0.2, 0) is 12.7 Å². The third-order valence-corrected chi connectivity index (χ3v) is 4.27. The van der Waals surface area contributed by atoms with E-state index in [4.69, 9.17) is 0 Å². The quantitative estimate of drug-likeness (QED) is 0.797. The lowest BCUT2D eigenvalue weighted by molar-refractivity contribution is -0.948. The molecule has 1 saturated heterocycles. The number of rotatable bonds is 3. The number of quaternary nitrogens is 2. The molecular formula is C15H23F3N2+2. The second-order valence-electron chi connectivity index (χ2n) is 5.95. The lowest BCUT2D eigenvalue weighted by Crippen LogP contribution is -3.17. The summed E-state index contributed by atoms with van der Waals surface area (Å²) in [4.78, 5) is 2.87. The van der Waals surface area contributed by atoms with Crippen molar-refractivity contribution in [2.45, 2.75) is 31.6 Å². The van der Waals surface area contributed by atoms with Gasteiger partial charge in [0.25, 0.3) is 0 Å². The largest absolute Gasteiger partial charge is 0.416 e. The van der Waals surface area contributed by atoms with E-state index < -0.39 is 11.7 Å². The molecule has 2 rings (SSSR count). The Balaban J connectivity index is 1.99. The Morgan fingerprint density at radius 2 is 1.90 bits per heavy atom. The normalized spacial score (nSPS) is 25.4. The fraction of sp³-hybridized carbons (Fsp3) is 0.600. The van der Waals surface area contributed by atoms with Gasteiger partial charge in [-0.1, -0.05) is 12.1 Å². The second-order valence-corrected chi connectivity index (χ2v) is 5.95. The molecular weight excluding hydrogens is 265 g/mol. The van der Waals surface area contributed by atoms with Crippen LogP contribution in [0, 0.1) is 0 Å². The third-order valence-electron chi connectivity index (χ3n) is 4.27. The van der Waals surface area contributed by atoms with Gasteiger partial charge in [-0.3, -0.25) is 0 Å². The molecule has 1 fully saturated rings. The highest BCUT2D eigenvalue weighted by Crippen LogP contribution is 2.29. The Kier molecular flexibility index (Phi) is 4.70. The molecule has 112 valence electrons. The van der Waals surface area contributed by atoms with Crippen LogP contribution in [0.5, 0.6) is 0 Å². The number of piperidine rings is 1. The predicted octanol–water partition coefficient (Wildman–Crippen LogP) is 0.397. The number of alkyl halides is 3. The zero-order valence-corrected chi connectivity index (χ0v) is 12.1. The van der Waals surface area contributed by atoms with Crippen LogP contribution in [-0.4, -0.2) is 33.2 Å². The Morgan fingerprint density at radius 3 is 2.50 bits per heavy atom. The first-order valence-electron chi connectivity index (χ1n) is 7.16. The van der Waals surface area contributed by atoms with E-state index in [2.05, 4.69) is 14.1 Å². The lowest BCUT2D eigenvalue weighted by Gasteiger charge is -2.30. The Hall–Kier alpha value is -1.07. The molecule has 1 heterocycles. The fourth-order valence-electron chi connectivity index (χ4n) is 2.93. The Morgan fingerprint density at radius 1 is 1.25 bits per heavy atom. The van der Waals surface area contributed by atoms with E-state index in [0.717, 1.165) is 37.6 Å². The van der Waals surface area contributed by atoms with E-state index in [-0.39, 0.29) is 0 Å². The van der Waals surface area contributed by atoms with Crippen LogP contribution in [0.4, 0.5) is 13.2 Å². The highest BCUT2D eigenvalue weighted by Gasteiger charge is 2.31. The van der Waals surface area contributed by atoms with Crippen LogP contribution in [0.25, 0.3) is 0 Å². The van der Waals surface area contributed by atoms with E-state index in [1.807, 2.05) is 0 Å². The molecule has 20 heavy (non-hydrogen) atoms. The molecule has 0 radical (unpaired) electrons. The molecule has 2 N–H and O–H groups in total. The van der Waals surface area contributed by atoms with Crippen molar-refractivity contribution in [1.82, 2.24) is 0 Å². The highest BCUT2D eigenvalue weighted by atomic mass is 19.4. The van der Waals surface area contributed by atoms with Crippen molar-refractivity contribution in [3.8, 4) is 0 Å². The van der Waals surface area contributed by atoms with E-state index in [1.54, 1.807) is 11.0 Å². The lowest BCUT2D eigenvalue weighted by atomic mass is 10.0. The monoisotopic (exact) mass is 288 g/mol. The average molecular weight is 288 g/mol. The van der Waals surface area contributed by atoms with Crippen molar-refractivity contribution >= 4 is 0 Å². The van der Waals surface area contributed by atoms with Gasteiger partial charge in [0.15, 0.2) is 0 Å². The van der Waals surface area contributed by atoms with E-state index in [0.29, 0.717) is 12.6 Å². The first-order chi connectivity index (χ1) is 9.36. The van der Waals surface area contributed by atoms with Gasteiger partial charge in [-0.2, -0.15) is 13.2 Å². The highest BCUT2D eigenvalue weighted by molar-refractivity contribution is 5.24. The Labute approximate surface area is 118 Å². The third kappa shape index (κ3) is 3.96. The summed E-state index contributed by atoms with van der Waals surface area (Å²) >= 11 is 0. The summed E-state index contributed by atoms with van der Waals surface area (Å²) in [7, 11) is 4.28. The van der Waals surface area contributed by atoms with Crippen LogP contribution in [0.15, 0.2) is 24.3 Å². The van der Waals surface area contributed by atoms with Crippen molar-refractivity contribution in [2.75, 3.05) is 27.2 Å². The Bertz CT molecular complexity index is 437. The van der Waals surface area contributed by atoms with Crippen molar-refractivity contribution in [3.05, 3.63) is 35.4 Å². The van der Waals surface area contributed by atoms with Gasteiger partial charge in [-0.15, -0.1) is 0 Å². The summed E-state index contributed by atoms with van der Waals surface area (Å²) in [5.41, 5.74) is 0.222. The molecule has 1 aliphatic rings. The molecule has 1 aliphatic heterocycles. The minimum atomic E-state index is -4.25. The molecule has 2 nitrogen and oxygen atoms in total. The molecule has 0 aromatic heterocycles. The summed E-state index contributed by atoms with van der Waals surface area (Å²) in [5, 5.41) is 0. The van der Waals surface area contributed by atoms with Gasteiger partial charge >= 0.3 is 6.18 Å². The van der Waals surface area contributed by atoms with Crippen LogP contribution in [0.3, 0.4) is 0 Å². The van der Waals surface area contributed by atoms with E-state index in [1.165, 1.54) is 17.0 Å². The van der Waals surface area contributed by atoms with Gasteiger partial charge in [-0.05, 0) is 12.1 Å². The standard InChI is InChI=1S/C15H21F3N2/c1-19-8-6-14(7-9-19)20(2)11-12-4-3-5-13(10-12)15(16,17)18/h3-5,10,14H,6-9,11H2,1-2H3/p+2. The van der Waals surface area contributed by atoms with Gasteiger partial charge in [0, 0.05) is 18.4 Å². The molecule has 0 saturated carbocycles. The molecule has 0 aliphatic carbocycles. The average Bonchev–Trinajstić information content (AvgIpc) is 2.38. The van der Waals surface area contributed by atoms with Crippen molar-refractivity contribution < 1.29 is 23.0 Å².